The van der Waals surface area contributed by atoms with Gasteiger partial charge in [0.15, 0.2) is 24.6 Å². The molecule has 2 aromatic heterocycles. The molecule has 3 heterocycles. The smallest absolute Gasteiger partial charge is 0.304 e. The second kappa shape index (κ2) is 11.1. The lowest BCUT2D eigenvalue weighted by Crippen LogP contribution is -3.00. The number of H-pyrrole nitrogens is 1. The number of phenols is 1. The molecule has 0 aliphatic carbocycles. The molecule has 10 nitrogen and oxygen atoms in total. The van der Waals surface area contributed by atoms with Gasteiger partial charge in [-0.1, -0.05) is 0 Å². The molecule has 5 rings (SSSR count). The number of pyridine rings is 1. The molecule has 0 radical (unpaired) electrons. The third-order valence-electron chi connectivity index (χ3n) is 7.27. The summed E-state index contributed by atoms with van der Waals surface area (Å²) in [5.41, 5.74) is 3.92. The summed E-state index contributed by atoms with van der Waals surface area (Å²) in [6, 6.07) is 7.20. The van der Waals surface area contributed by atoms with Gasteiger partial charge in [-0.05, 0) is 55.5 Å². The zero-order chi connectivity index (χ0) is 28.2. The average Bonchev–Trinajstić information content (AvgIpc) is 3.24. The number of fused-ring (bicyclic) bond motifs is 4. The van der Waals surface area contributed by atoms with Crippen LogP contribution in [-0.2, 0) is 33.3 Å². The quantitative estimate of drug-likeness (QED) is 0.196. The fourth-order valence-electron chi connectivity index (χ4n) is 5.64. The second-order valence-corrected chi connectivity index (χ2v) is 10.0. The van der Waals surface area contributed by atoms with E-state index in [0.29, 0.717) is 0 Å². The van der Waals surface area contributed by atoms with Gasteiger partial charge in [0.2, 0.25) is 6.10 Å². The molecular formula is C29H31BrN2O8. The van der Waals surface area contributed by atoms with Crippen LogP contribution in [0.1, 0.15) is 45.0 Å². The number of phenolic OH excluding ortho intramolecular Hbond substituents is 1. The molecule has 1 saturated heterocycles. The van der Waals surface area contributed by atoms with Crippen molar-refractivity contribution in [3.63, 3.8) is 0 Å². The maximum absolute atomic E-state index is 12.2. The van der Waals surface area contributed by atoms with Crippen LogP contribution in [0.4, 0.5) is 0 Å². The number of ether oxygens (including phenoxy) is 4. The Bertz CT molecular complexity index is 1650. The standard InChI is InChI=1S/C29H30N2O8.BrH/c1-13-22-12-31(10-9-20(22)14(2)25-24(13)21-11-19(35)7-8-23(21)30-25)29-28(39-18(6)34)27(38-17(5)33)26(15(3)36-29)37-16(4)32;/h7-12,15,26-29,35H,1-6H3;1H. The molecule has 2 aromatic carbocycles. The number of halogens is 1. The molecule has 40 heavy (non-hydrogen) atoms. The predicted octanol–water partition coefficient (Wildman–Crippen LogP) is 0.801. The number of aromatic amines is 1. The number of hydrogen-bond acceptors (Lipinski definition) is 8. The highest BCUT2D eigenvalue weighted by molar-refractivity contribution is 6.16. The van der Waals surface area contributed by atoms with Gasteiger partial charge in [0.25, 0.3) is 0 Å². The highest BCUT2D eigenvalue weighted by Gasteiger charge is 2.54. The minimum Gasteiger partial charge on any atom is -1.00 e. The summed E-state index contributed by atoms with van der Waals surface area (Å²) >= 11 is 0. The maximum Gasteiger partial charge on any atom is 0.304 e. The Morgan fingerprint density at radius 3 is 2.15 bits per heavy atom. The van der Waals surface area contributed by atoms with Gasteiger partial charge in [-0.2, -0.15) is 4.57 Å². The Morgan fingerprint density at radius 1 is 0.875 bits per heavy atom. The summed E-state index contributed by atoms with van der Waals surface area (Å²) in [5, 5.41) is 14.0. The zero-order valence-electron chi connectivity index (χ0n) is 23.0. The molecule has 1 fully saturated rings. The third kappa shape index (κ3) is 5.11. The number of carbonyl (C=O) groups is 3. The van der Waals surface area contributed by atoms with E-state index in [1.165, 1.54) is 20.8 Å². The summed E-state index contributed by atoms with van der Waals surface area (Å²) in [7, 11) is 0. The Balaban J connectivity index is 0.00000370. The predicted molar refractivity (Wildman–Crippen MR) is 141 cm³/mol. The molecule has 0 amide bonds. The summed E-state index contributed by atoms with van der Waals surface area (Å²) < 4.78 is 24.7. The molecule has 1 aliphatic heterocycles. The van der Waals surface area contributed by atoms with Crippen LogP contribution in [0.25, 0.3) is 32.6 Å². The van der Waals surface area contributed by atoms with Gasteiger partial charge in [0, 0.05) is 48.5 Å². The van der Waals surface area contributed by atoms with Crippen LogP contribution in [0.15, 0.2) is 36.7 Å². The van der Waals surface area contributed by atoms with Crippen LogP contribution >= 0.6 is 0 Å². The molecule has 5 unspecified atom stereocenters. The van der Waals surface area contributed by atoms with E-state index in [0.717, 1.165) is 43.7 Å². The van der Waals surface area contributed by atoms with E-state index < -0.39 is 48.6 Å². The number of carbonyl (C=O) groups excluding carboxylic acids is 3. The molecule has 2 N–H and O–H groups in total. The van der Waals surface area contributed by atoms with Gasteiger partial charge in [0.1, 0.15) is 11.9 Å². The lowest BCUT2D eigenvalue weighted by Gasteiger charge is -2.41. The van der Waals surface area contributed by atoms with Gasteiger partial charge in [0.05, 0.1) is 5.52 Å². The summed E-state index contributed by atoms with van der Waals surface area (Å²) in [6.45, 7) is 9.49. The van der Waals surface area contributed by atoms with Crippen molar-refractivity contribution < 1.29 is 60.0 Å². The highest BCUT2D eigenvalue weighted by Crippen LogP contribution is 2.38. The molecule has 5 atom stereocenters. The van der Waals surface area contributed by atoms with Crippen molar-refractivity contribution in [1.82, 2.24) is 4.98 Å². The van der Waals surface area contributed by atoms with Gasteiger partial charge in [-0.25, -0.2) is 0 Å². The first-order chi connectivity index (χ1) is 18.5. The largest absolute Gasteiger partial charge is 1.00 e. The van der Waals surface area contributed by atoms with Crippen molar-refractivity contribution in [2.75, 3.05) is 0 Å². The third-order valence-corrected chi connectivity index (χ3v) is 7.27. The molecule has 4 aromatic rings. The minimum atomic E-state index is -1.09. The zero-order valence-corrected chi connectivity index (χ0v) is 24.6. The Labute approximate surface area is 240 Å². The first-order valence-electron chi connectivity index (χ1n) is 12.7. The van der Waals surface area contributed by atoms with Crippen molar-refractivity contribution in [1.29, 1.82) is 0 Å². The number of benzene rings is 2. The van der Waals surface area contributed by atoms with Crippen molar-refractivity contribution in [2.24, 2.45) is 0 Å². The average molecular weight is 615 g/mol. The number of aromatic nitrogens is 2. The number of nitrogens with one attached hydrogen (secondary N) is 1. The molecule has 0 saturated carbocycles. The first-order valence-corrected chi connectivity index (χ1v) is 12.7. The fraction of sp³-hybridized carbons (Fsp3) is 0.379. The van der Waals surface area contributed by atoms with Crippen LogP contribution in [0.2, 0.25) is 0 Å². The van der Waals surface area contributed by atoms with Crippen molar-refractivity contribution >= 4 is 50.5 Å². The molecule has 0 spiro atoms. The molecule has 11 heteroatoms. The van der Waals surface area contributed by atoms with Crippen molar-refractivity contribution in [3.05, 3.63) is 47.8 Å². The fourth-order valence-corrected chi connectivity index (χ4v) is 5.64. The normalized spacial score (nSPS) is 22.6. The van der Waals surface area contributed by atoms with E-state index in [1.54, 1.807) is 23.6 Å². The number of nitrogens with zero attached hydrogens (tertiary/aromatic N) is 1. The van der Waals surface area contributed by atoms with E-state index in [2.05, 4.69) is 4.98 Å². The lowest BCUT2D eigenvalue weighted by molar-refractivity contribution is -0.776. The molecule has 0 bridgehead atoms. The topological polar surface area (TPSA) is 128 Å². The lowest BCUT2D eigenvalue weighted by atomic mass is 9.95. The Morgan fingerprint density at radius 2 is 1.50 bits per heavy atom. The highest BCUT2D eigenvalue weighted by atomic mass is 79.9. The van der Waals surface area contributed by atoms with Gasteiger partial charge >= 0.3 is 24.1 Å². The van der Waals surface area contributed by atoms with Crippen LogP contribution < -0.4 is 21.5 Å². The summed E-state index contributed by atoms with van der Waals surface area (Å²) in [4.78, 5) is 39.5. The molecule has 1 aliphatic rings. The van der Waals surface area contributed by atoms with Crippen molar-refractivity contribution in [2.45, 2.75) is 72.2 Å². The first kappa shape index (κ1) is 29.3. The van der Waals surface area contributed by atoms with Gasteiger partial charge < -0.3 is 46.0 Å². The number of esters is 3. The number of rotatable bonds is 4. The Kier molecular flexibility index (Phi) is 8.09. The van der Waals surface area contributed by atoms with Crippen LogP contribution in [0.3, 0.4) is 0 Å². The monoisotopic (exact) mass is 614 g/mol. The second-order valence-electron chi connectivity index (χ2n) is 10.0. The number of aryl methyl sites for hydroxylation is 2. The van der Waals surface area contributed by atoms with E-state index in [9.17, 15) is 19.5 Å². The van der Waals surface area contributed by atoms with E-state index in [4.69, 9.17) is 18.9 Å². The van der Waals surface area contributed by atoms with Gasteiger partial charge in [-0.3, -0.25) is 14.4 Å². The van der Waals surface area contributed by atoms with Crippen LogP contribution in [-0.4, -0.2) is 52.4 Å². The minimum absolute atomic E-state index is 0. The summed E-state index contributed by atoms with van der Waals surface area (Å²) in [5.74, 6) is -1.61. The summed E-state index contributed by atoms with van der Waals surface area (Å²) in [6.07, 6.45) is -0.995. The molecule has 212 valence electrons. The van der Waals surface area contributed by atoms with Crippen LogP contribution in [0, 0.1) is 13.8 Å². The number of aromatic hydroxyl groups is 1. The maximum atomic E-state index is 12.2. The van der Waals surface area contributed by atoms with E-state index >= 15 is 0 Å². The SMILES string of the molecule is CC(=O)OC1C(C)OC([n+]2ccc3c(C)c4[nH]c5ccc(O)cc5c4c(C)c3c2)C(OC(C)=O)C1OC(C)=O.[Br-]. The van der Waals surface area contributed by atoms with Crippen LogP contribution in [0.5, 0.6) is 5.75 Å². The number of hydrogen-bond donors (Lipinski definition) is 2. The molecular weight excluding hydrogens is 584 g/mol. The van der Waals surface area contributed by atoms with E-state index in [-0.39, 0.29) is 22.7 Å². The Hall–Kier alpha value is -3.70. The van der Waals surface area contributed by atoms with Gasteiger partial charge in [-0.15, -0.1) is 0 Å². The van der Waals surface area contributed by atoms with Crippen molar-refractivity contribution in [3.8, 4) is 5.75 Å². The van der Waals surface area contributed by atoms with E-state index in [1.807, 2.05) is 38.4 Å².